The van der Waals surface area contributed by atoms with Gasteiger partial charge in [-0.3, -0.25) is 4.99 Å². The highest BCUT2D eigenvalue weighted by Gasteiger charge is 2.46. The fourth-order valence-electron chi connectivity index (χ4n) is 5.31. The normalized spacial score (nSPS) is 21.9. The summed E-state index contributed by atoms with van der Waals surface area (Å²) in [5.41, 5.74) is 1.69. The van der Waals surface area contributed by atoms with Crippen LogP contribution >= 0.6 is 11.6 Å². The fourth-order valence-corrected chi connectivity index (χ4v) is 5.53. The first-order valence-corrected chi connectivity index (χ1v) is 12.5. The minimum Gasteiger partial charge on any atom is -0.862 e. The molecule has 1 atom stereocenters. The zero-order chi connectivity index (χ0) is 22.8. The predicted molar refractivity (Wildman–Crippen MR) is 128 cm³/mol. The van der Waals surface area contributed by atoms with Crippen LogP contribution in [0.15, 0.2) is 41.4 Å². The van der Waals surface area contributed by atoms with Gasteiger partial charge in [-0.2, -0.15) is 0 Å². The first-order chi connectivity index (χ1) is 16.1. The number of para-hydroxylation sites is 2. The molecule has 0 bridgehead atoms. The highest BCUT2D eigenvalue weighted by molar-refractivity contribution is 6.32. The van der Waals surface area contributed by atoms with E-state index in [0.717, 1.165) is 61.2 Å². The van der Waals surface area contributed by atoms with Crippen molar-refractivity contribution in [3.63, 3.8) is 0 Å². The van der Waals surface area contributed by atoms with Crippen LogP contribution in [0, 0.1) is 0 Å². The lowest BCUT2D eigenvalue weighted by molar-refractivity contribution is -0.219. The molecule has 2 aliphatic carbocycles. The number of nitrogens with zero attached hydrogens (tertiary/aromatic N) is 1. The standard InChI is InChI=1S/C27H32ClNO4/c1-31-23-12-4-7-18(25(23)32-19-8-2-3-9-19)13-14-24(30)29-22-17-27(15-6-16-27)33-26-20(22)10-5-11-21(26)28/h4-5,7,10-12,19,22H,2-3,6,8-9,13-17H2,1H3,(H,29,30)/p-1. The lowest BCUT2D eigenvalue weighted by Crippen LogP contribution is -2.47. The highest BCUT2D eigenvalue weighted by atomic mass is 35.5. The Balaban J connectivity index is 1.34. The summed E-state index contributed by atoms with van der Waals surface area (Å²) in [6.07, 6.45) is 9.51. The number of fused-ring (bicyclic) bond motifs is 1. The molecule has 0 amide bonds. The molecule has 5 rings (SSSR count). The summed E-state index contributed by atoms with van der Waals surface area (Å²) in [6, 6.07) is 11.4. The van der Waals surface area contributed by atoms with Crippen LogP contribution in [0.2, 0.25) is 5.02 Å². The van der Waals surface area contributed by atoms with Crippen molar-refractivity contribution in [1.82, 2.24) is 0 Å². The van der Waals surface area contributed by atoms with E-state index in [2.05, 4.69) is 4.99 Å². The van der Waals surface area contributed by atoms with Crippen LogP contribution in [-0.4, -0.2) is 24.7 Å². The van der Waals surface area contributed by atoms with Gasteiger partial charge in [0.1, 0.15) is 11.4 Å². The molecule has 2 aromatic rings. The number of halogens is 1. The average molecular weight is 469 g/mol. The quantitative estimate of drug-likeness (QED) is 0.380. The number of ether oxygens (including phenoxy) is 3. The van der Waals surface area contributed by atoms with Crippen LogP contribution in [0.4, 0.5) is 0 Å². The van der Waals surface area contributed by atoms with Gasteiger partial charge >= 0.3 is 0 Å². The molecule has 1 unspecified atom stereocenters. The number of methoxy groups -OCH3 is 1. The van der Waals surface area contributed by atoms with Crippen LogP contribution in [0.1, 0.15) is 75.0 Å². The zero-order valence-electron chi connectivity index (χ0n) is 19.1. The van der Waals surface area contributed by atoms with Gasteiger partial charge in [-0.15, -0.1) is 0 Å². The number of hydrogen-bond acceptors (Lipinski definition) is 5. The Kier molecular flexibility index (Phi) is 6.42. The molecular weight excluding hydrogens is 438 g/mol. The van der Waals surface area contributed by atoms with Gasteiger partial charge in [0, 0.05) is 12.0 Å². The molecule has 6 heteroatoms. The first-order valence-electron chi connectivity index (χ1n) is 12.1. The second-order valence-electron chi connectivity index (χ2n) is 9.51. The maximum Gasteiger partial charge on any atom is 0.164 e. The third kappa shape index (κ3) is 4.65. The molecule has 1 heterocycles. The van der Waals surface area contributed by atoms with Crippen LogP contribution in [0.25, 0.3) is 0 Å². The minimum absolute atomic E-state index is 0.100. The molecule has 0 N–H and O–H groups in total. The number of benzene rings is 2. The number of aliphatic imine (C=N–C) groups is 1. The lowest BCUT2D eigenvalue weighted by atomic mass is 9.73. The van der Waals surface area contributed by atoms with Gasteiger partial charge in [-0.05, 0) is 81.4 Å². The van der Waals surface area contributed by atoms with Gasteiger partial charge in [-0.1, -0.05) is 35.9 Å². The maximum atomic E-state index is 13.0. The molecule has 2 saturated carbocycles. The zero-order valence-corrected chi connectivity index (χ0v) is 19.9. The van der Waals surface area contributed by atoms with Crippen LogP contribution in [0.3, 0.4) is 0 Å². The summed E-state index contributed by atoms with van der Waals surface area (Å²) >= 11 is 6.43. The summed E-state index contributed by atoms with van der Waals surface area (Å²) < 4.78 is 18.2. The van der Waals surface area contributed by atoms with Gasteiger partial charge in [0.15, 0.2) is 11.5 Å². The van der Waals surface area contributed by atoms with Crippen molar-refractivity contribution in [3.05, 3.63) is 52.5 Å². The summed E-state index contributed by atoms with van der Waals surface area (Å²) in [4.78, 5) is 4.64. The van der Waals surface area contributed by atoms with E-state index < -0.39 is 0 Å². The molecule has 0 aromatic heterocycles. The molecule has 176 valence electrons. The van der Waals surface area contributed by atoms with Crippen molar-refractivity contribution in [2.45, 2.75) is 82.0 Å². The van der Waals surface area contributed by atoms with Gasteiger partial charge in [0.05, 0.1) is 24.3 Å². The van der Waals surface area contributed by atoms with Crippen molar-refractivity contribution in [2.24, 2.45) is 4.99 Å². The topological polar surface area (TPSA) is 63.1 Å². The third-order valence-electron chi connectivity index (χ3n) is 7.28. The SMILES string of the molecule is COc1cccc(CCC([O-])=NC2CC3(CCC3)Oc3c(Cl)cccc32)c1OC1CCCC1. The lowest BCUT2D eigenvalue weighted by Gasteiger charge is -2.47. The first kappa shape index (κ1) is 22.4. The summed E-state index contributed by atoms with van der Waals surface area (Å²) in [6.45, 7) is 0. The predicted octanol–water partition coefficient (Wildman–Crippen LogP) is 5.81. The van der Waals surface area contributed by atoms with E-state index in [9.17, 15) is 5.11 Å². The van der Waals surface area contributed by atoms with Gasteiger partial charge in [-0.25, -0.2) is 0 Å². The molecule has 1 spiro atoms. The molecule has 2 aromatic carbocycles. The molecule has 3 aliphatic rings. The van der Waals surface area contributed by atoms with Crippen molar-refractivity contribution < 1.29 is 19.3 Å². The fraction of sp³-hybridized carbons (Fsp3) is 0.519. The average Bonchev–Trinajstić information content (AvgIpc) is 3.31. The van der Waals surface area contributed by atoms with Crippen LogP contribution < -0.4 is 19.3 Å². The van der Waals surface area contributed by atoms with Crippen LogP contribution in [0.5, 0.6) is 17.2 Å². The Labute approximate surface area is 200 Å². The summed E-state index contributed by atoms with van der Waals surface area (Å²) in [5, 5.41) is 13.6. The van der Waals surface area contributed by atoms with Crippen molar-refractivity contribution in [1.29, 1.82) is 0 Å². The van der Waals surface area contributed by atoms with Crippen molar-refractivity contribution in [2.75, 3.05) is 7.11 Å². The molecule has 1 aliphatic heterocycles. The summed E-state index contributed by atoms with van der Waals surface area (Å²) in [7, 11) is 1.66. The van der Waals surface area contributed by atoms with Gasteiger partial charge < -0.3 is 19.3 Å². The maximum absolute atomic E-state index is 13.0. The van der Waals surface area contributed by atoms with Crippen LogP contribution in [-0.2, 0) is 6.42 Å². The molecule has 0 saturated heterocycles. The Morgan fingerprint density at radius 1 is 1.15 bits per heavy atom. The van der Waals surface area contributed by atoms with E-state index in [0.29, 0.717) is 23.6 Å². The number of rotatable bonds is 7. The number of hydrogen-bond donors (Lipinski definition) is 0. The van der Waals surface area contributed by atoms with E-state index in [1.54, 1.807) is 7.11 Å². The van der Waals surface area contributed by atoms with E-state index >= 15 is 0 Å². The second kappa shape index (κ2) is 9.46. The Bertz CT molecular complexity index is 1030. The molecule has 33 heavy (non-hydrogen) atoms. The molecule has 5 nitrogen and oxygen atoms in total. The molecule has 0 radical (unpaired) electrons. The van der Waals surface area contributed by atoms with E-state index in [-0.39, 0.29) is 23.6 Å². The van der Waals surface area contributed by atoms with E-state index in [1.165, 1.54) is 12.8 Å². The molecule has 2 fully saturated rings. The second-order valence-corrected chi connectivity index (χ2v) is 9.92. The Hall–Kier alpha value is -2.40. The van der Waals surface area contributed by atoms with Crippen molar-refractivity contribution >= 4 is 17.5 Å². The molecular formula is C27H31ClNO4-. The van der Waals surface area contributed by atoms with Gasteiger partial charge in [0.25, 0.3) is 0 Å². The largest absolute Gasteiger partial charge is 0.862 e. The monoisotopic (exact) mass is 468 g/mol. The Morgan fingerprint density at radius 2 is 1.94 bits per heavy atom. The Morgan fingerprint density at radius 3 is 2.67 bits per heavy atom. The number of aryl methyl sites for hydroxylation is 1. The van der Waals surface area contributed by atoms with E-state index in [4.69, 9.17) is 25.8 Å². The van der Waals surface area contributed by atoms with E-state index in [1.807, 2.05) is 36.4 Å². The smallest absolute Gasteiger partial charge is 0.164 e. The van der Waals surface area contributed by atoms with Crippen molar-refractivity contribution in [3.8, 4) is 17.2 Å². The highest BCUT2D eigenvalue weighted by Crippen LogP contribution is 2.52. The third-order valence-corrected chi connectivity index (χ3v) is 7.58. The summed E-state index contributed by atoms with van der Waals surface area (Å²) in [5.74, 6) is 2.10. The minimum atomic E-state index is -0.221. The van der Waals surface area contributed by atoms with Gasteiger partial charge in [0.2, 0.25) is 0 Å².